The van der Waals surface area contributed by atoms with E-state index in [2.05, 4.69) is 22.4 Å². The Morgan fingerprint density at radius 1 is 1.50 bits per heavy atom. The van der Waals surface area contributed by atoms with E-state index in [4.69, 9.17) is 0 Å². The van der Waals surface area contributed by atoms with Gasteiger partial charge in [-0.05, 0) is 18.3 Å². The highest BCUT2D eigenvalue weighted by Gasteiger charge is 2.20. The van der Waals surface area contributed by atoms with Crippen LogP contribution in [0.3, 0.4) is 0 Å². The van der Waals surface area contributed by atoms with Gasteiger partial charge in [-0.1, -0.05) is 37.5 Å². The summed E-state index contributed by atoms with van der Waals surface area (Å²) in [5, 5.41) is 12.1. The molecular weight excluding hydrogens is 194 g/mol. The second kappa shape index (κ2) is 4.73. The van der Waals surface area contributed by atoms with Gasteiger partial charge in [-0.3, -0.25) is 0 Å². The average Bonchev–Trinajstić information content (AvgIpc) is 2.69. The second-order valence-corrected chi connectivity index (χ2v) is 4.98. The zero-order chi connectivity index (χ0) is 9.80. The molecule has 2 unspecified atom stereocenters. The van der Waals surface area contributed by atoms with Crippen LogP contribution in [-0.4, -0.2) is 16.7 Å². The first kappa shape index (κ1) is 9.90. The van der Waals surface area contributed by atoms with Gasteiger partial charge in [0, 0.05) is 6.54 Å². The summed E-state index contributed by atoms with van der Waals surface area (Å²) in [6, 6.07) is 0. The smallest absolute Gasteiger partial charge is 0.205 e. The zero-order valence-corrected chi connectivity index (χ0v) is 9.39. The molecule has 1 aromatic rings. The quantitative estimate of drug-likeness (QED) is 0.835. The molecule has 1 aliphatic carbocycles. The van der Waals surface area contributed by atoms with Crippen LogP contribution in [0, 0.1) is 11.8 Å². The van der Waals surface area contributed by atoms with Crippen molar-refractivity contribution in [2.24, 2.45) is 11.8 Å². The molecule has 1 N–H and O–H groups in total. The van der Waals surface area contributed by atoms with Gasteiger partial charge in [0.1, 0.15) is 5.51 Å². The van der Waals surface area contributed by atoms with Crippen LogP contribution in [0.4, 0.5) is 5.13 Å². The summed E-state index contributed by atoms with van der Waals surface area (Å²) in [5.41, 5.74) is 1.77. The number of nitrogens with zero attached hydrogens (tertiary/aromatic N) is 2. The molecule has 0 aromatic carbocycles. The molecular formula is C10H17N3S. The van der Waals surface area contributed by atoms with Crippen LogP contribution in [0.1, 0.15) is 32.6 Å². The van der Waals surface area contributed by atoms with Crippen LogP contribution >= 0.6 is 11.3 Å². The van der Waals surface area contributed by atoms with Crippen LogP contribution in [0.5, 0.6) is 0 Å². The average molecular weight is 211 g/mol. The molecule has 1 aromatic heterocycles. The Morgan fingerprint density at radius 3 is 3.07 bits per heavy atom. The fraction of sp³-hybridized carbons (Fsp3) is 0.800. The minimum Gasteiger partial charge on any atom is -0.360 e. The predicted octanol–water partition coefficient (Wildman–Crippen LogP) is 2.78. The first-order chi connectivity index (χ1) is 6.86. The molecule has 0 spiro atoms. The second-order valence-electron chi connectivity index (χ2n) is 4.15. The minimum absolute atomic E-state index is 0.827. The van der Waals surface area contributed by atoms with E-state index in [-0.39, 0.29) is 0 Å². The van der Waals surface area contributed by atoms with Gasteiger partial charge in [-0.15, -0.1) is 10.2 Å². The lowest BCUT2D eigenvalue weighted by molar-refractivity contribution is 0.268. The van der Waals surface area contributed by atoms with E-state index in [1.165, 1.54) is 25.7 Å². The lowest BCUT2D eigenvalue weighted by Crippen LogP contribution is -2.24. The van der Waals surface area contributed by atoms with Gasteiger partial charge in [0.2, 0.25) is 5.13 Å². The van der Waals surface area contributed by atoms with Crippen molar-refractivity contribution in [3.05, 3.63) is 5.51 Å². The molecule has 3 nitrogen and oxygen atoms in total. The summed E-state index contributed by atoms with van der Waals surface area (Å²) < 4.78 is 0. The number of nitrogens with one attached hydrogen (secondary N) is 1. The molecule has 2 atom stereocenters. The molecule has 78 valence electrons. The first-order valence-corrected chi connectivity index (χ1v) is 6.24. The maximum absolute atomic E-state index is 3.98. The Hall–Kier alpha value is -0.640. The van der Waals surface area contributed by atoms with Crippen LogP contribution in [-0.2, 0) is 0 Å². The summed E-state index contributed by atoms with van der Waals surface area (Å²) in [7, 11) is 0. The maximum Gasteiger partial charge on any atom is 0.205 e. The fourth-order valence-corrected chi connectivity index (χ4v) is 2.62. The lowest BCUT2D eigenvalue weighted by Gasteiger charge is -2.28. The third-order valence-corrected chi connectivity index (χ3v) is 3.81. The Balaban J connectivity index is 1.79. The number of hydrogen-bond acceptors (Lipinski definition) is 4. The Bertz CT molecular complexity index is 260. The summed E-state index contributed by atoms with van der Waals surface area (Å²) in [6.07, 6.45) is 5.57. The summed E-state index contributed by atoms with van der Waals surface area (Å²) in [4.78, 5) is 0. The van der Waals surface area contributed by atoms with E-state index < -0.39 is 0 Å². The first-order valence-electron chi connectivity index (χ1n) is 5.36. The van der Waals surface area contributed by atoms with E-state index in [1.807, 2.05) is 0 Å². The van der Waals surface area contributed by atoms with Crippen molar-refractivity contribution in [1.29, 1.82) is 0 Å². The zero-order valence-electron chi connectivity index (χ0n) is 8.57. The summed E-state index contributed by atoms with van der Waals surface area (Å²) in [6.45, 7) is 3.43. The van der Waals surface area contributed by atoms with Crippen LogP contribution in [0.2, 0.25) is 0 Å². The predicted molar refractivity (Wildman–Crippen MR) is 59.5 cm³/mol. The molecule has 2 rings (SSSR count). The van der Waals surface area contributed by atoms with Gasteiger partial charge in [0.15, 0.2) is 0 Å². The minimum atomic E-state index is 0.827. The molecule has 0 radical (unpaired) electrons. The fourth-order valence-electron chi connectivity index (χ4n) is 2.16. The van der Waals surface area contributed by atoms with Crippen LogP contribution in [0.25, 0.3) is 0 Å². The van der Waals surface area contributed by atoms with Crippen molar-refractivity contribution in [2.75, 3.05) is 11.9 Å². The lowest BCUT2D eigenvalue weighted by atomic mass is 9.80. The van der Waals surface area contributed by atoms with E-state index in [1.54, 1.807) is 16.8 Å². The molecule has 1 aliphatic rings. The van der Waals surface area contributed by atoms with E-state index >= 15 is 0 Å². The highest BCUT2D eigenvalue weighted by molar-refractivity contribution is 7.13. The topological polar surface area (TPSA) is 37.8 Å². The Morgan fingerprint density at radius 2 is 2.36 bits per heavy atom. The molecule has 1 fully saturated rings. The Kier molecular flexibility index (Phi) is 3.35. The molecule has 4 heteroatoms. The highest BCUT2D eigenvalue weighted by Crippen LogP contribution is 2.29. The number of rotatable bonds is 3. The van der Waals surface area contributed by atoms with Crippen molar-refractivity contribution < 1.29 is 0 Å². The molecule has 14 heavy (non-hydrogen) atoms. The van der Waals surface area contributed by atoms with Crippen molar-refractivity contribution in [3.63, 3.8) is 0 Å². The normalized spacial score (nSPS) is 27.5. The third kappa shape index (κ3) is 2.44. The third-order valence-electron chi connectivity index (χ3n) is 3.16. The number of anilines is 1. The monoisotopic (exact) mass is 211 g/mol. The van der Waals surface area contributed by atoms with Gasteiger partial charge < -0.3 is 5.32 Å². The molecule has 0 amide bonds. The van der Waals surface area contributed by atoms with Gasteiger partial charge in [-0.2, -0.15) is 0 Å². The maximum atomic E-state index is 3.98. The van der Waals surface area contributed by atoms with Crippen molar-refractivity contribution in [2.45, 2.75) is 32.6 Å². The SMILES string of the molecule is CC1CCCCC1CNc1nncs1. The molecule has 1 saturated carbocycles. The van der Waals surface area contributed by atoms with Gasteiger partial charge in [-0.25, -0.2) is 0 Å². The van der Waals surface area contributed by atoms with E-state index in [9.17, 15) is 0 Å². The summed E-state index contributed by atoms with van der Waals surface area (Å²) in [5.74, 6) is 1.69. The van der Waals surface area contributed by atoms with Crippen molar-refractivity contribution >= 4 is 16.5 Å². The summed E-state index contributed by atoms with van der Waals surface area (Å²) >= 11 is 1.58. The molecule has 0 aliphatic heterocycles. The van der Waals surface area contributed by atoms with Crippen molar-refractivity contribution in [3.8, 4) is 0 Å². The van der Waals surface area contributed by atoms with Gasteiger partial charge >= 0.3 is 0 Å². The van der Waals surface area contributed by atoms with Crippen LogP contribution < -0.4 is 5.32 Å². The van der Waals surface area contributed by atoms with Crippen LogP contribution in [0.15, 0.2) is 5.51 Å². The van der Waals surface area contributed by atoms with E-state index in [0.29, 0.717) is 0 Å². The number of hydrogen-bond donors (Lipinski definition) is 1. The van der Waals surface area contributed by atoms with E-state index in [0.717, 1.165) is 23.5 Å². The largest absolute Gasteiger partial charge is 0.360 e. The molecule has 0 bridgehead atoms. The van der Waals surface area contributed by atoms with Gasteiger partial charge in [0.25, 0.3) is 0 Å². The molecule has 1 heterocycles. The molecule has 0 saturated heterocycles. The number of aromatic nitrogens is 2. The standard InChI is InChI=1S/C10H17N3S/c1-8-4-2-3-5-9(8)6-11-10-13-12-7-14-10/h7-9H,2-6H2,1H3,(H,11,13). The highest BCUT2D eigenvalue weighted by atomic mass is 32.1. The van der Waals surface area contributed by atoms with Gasteiger partial charge in [0.05, 0.1) is 0 Å². The van der Waals surface area contributed by atoms with Crippen molar-refractivity contribution in [1.82, 2.24) is 10.2 Å². The Labute approximate surface area is 88.9 Å².